The molecule has 0 aromatic carbocycles. The predicted molar refractivity (Wildman–Crippen MR) is 53.1 cm³/mol. The van der Waals surface area contributed by atoms with Crippen molar-refractivity contribution < 1.29 is 22.7 Å². The third-order valence-corrected chi connectivity index (χ3v) is 1.35. The highest BCUT2D eigenvalue weighted by molar-refractivity contribution is 5.67. The van der Waals surface area contributed by atoms with E-state index >= 15 is 0 Å². The van der Waals surface area contributed by atoms with Crippen LogP contribution < -0.4 is 10.6 Å². The summed E-state index contributed by atoms with van der Waals surface area (Å²) in [5.41, 5.74) is -0.622. The minimum Gasteiger partial charge on any atom is -0.444 e. The molecule has 2 N–H and O–H groups in total. The summed E-state index contributed by atoms with van der Waals surface area (Å²) < 4.78 is 40.6. The highest BCUT2D eigenvalue weighted by Gasteiger charge is 2.18. The standard InChI is InChI=1S/C9H17F3N2O2/c1-9(2,3)16-8(15)14-5-4-13-7(12)6(10)11/h6-7,13H,4-5H2,1-3H3,(H,14,15). The predicted octanol–water partition coefficient (Wildman–Crippen LogP) is 1.66. The van der Waals surface area contributed by atoms with Gasteiger partial charge in [0.15, 0.2) is 0 Å². The van der Waals surface area contributed by atoms with Gasteiger partial charge in [-0.2, -0.15) is 0 Å². The number of carbonyl (C=O) groups is 1. The van der Waals surface area contributed by atoms with Crippen LogP contribution in [0, 0.1) is 0 Å². The summed E-state index contributed by atoms with van der Waals surface area (Å²) in [7, 11) is 0. The fourth-order valence-corrected chi connectivity index (χ4v) is 0.778. The van der Waals surface area contributed by atoms with Crippen molar-refractivity contribution in [3.05, 3.63) is 0 Å². The average Bonchev–Trinajstić information content (AvgIpc) is 2.08. The molecular formula is C9H17F3N2O2. The van der Waals surface area contributed by atoms with Gasteiger partial charge in [-0.25, -0.2) is 18.0 Å². The molecule has 1 unspecified atom stereocenters. The van der Waals surface area contributed by atoms with Crippen LogP contribution in [-0.2, 0) is 4.74 Å². The summed E-state index contributed by atoms with van der Waals surface area (Å²) >= 11 is 0. The molecule has 7 heteroatoms. The molecular weight excluding hydrogens is 225 g/mol. The number of nitrogens with one attached hydrogen (secondary N) is 2. The first-order valence-electron chi connectivity index (χ1n) is 4.85. The number of hydrogen-bond donors (Lipinski definition) is 2. The molecule has 16 heavy (non-hydrogen) atoms. The lowest BCUT2D eigenvalue weighted by molar-refractivity contribution is 0.0306. The first kappa shape index (κ1) is 15.0. The van der Waals surface area contributed by atoms with Gasteiger partial charge in [0.1, 0.15) is 5.60 Å². The first-order chi connectivity index (χ1) is 7.22. The molecule has 0 saturated heterocycles. The zero-order valence-corrected chi connectivity index (χ0v) is 9.52. The monoisotopic (exact) mass is 242 g/mol. The van der Waals surface area contributed by atoms with Crippen LogP contribution >= 0.6 is 0 Å². The Morgan fingerprint density at radius 1 is 1.25 bits per heavy atom. The summed E-state index contributed by atoms with van der Waals surface area (Å²) in [6, 6.07) is 0. The number of carbonyl (C=O) groups excluding carboxylic acids is 1. The number of halogens is 3. The molecule has 1 amide bonds. The van der Waals surface area contributed by atoms with E-state index in [1.54, 1.807) is 20.8 Å². The smallest absolute Gasteiger partial charge is 0.407 e. The van der Waals surface area contributed by atoms with Crippen molar-refractivity contribution in [3.8, 4) is 0 Å². The molecule has 0 aromatic rings. The number of hydrogen-bond acceptors (Lipinski definition) is 3. The van der Waals surface area contributed by atoms with Gasteiger partial charge in [-0.1, -0.05) is 0 Å². The van der Waals surface area contributed by atoms with Crippen molar-refractivity contribution in [2.45, 2.75) is 39.1 Å². The Hall–Kier alpha value is -0.980. The molecule has 0 heterocycles. The molecule has 0 radical (unpaired) electrons. The minimum absolute atomic E-state index is 0.0159. The maximum Gasteiger partial charge on any atom is 0.407 e. The van der Waals surface area contributed by atoms with Crippen molar-refractivity contribution in [3.63, 3.8) is 0 Å². The van der Waals surface area contributed by atoms with Crippen LogP contribution in [0.5, 0.6) is 0 Å². The second kappa shape index (κ2) is 6.57. The van der Waals surface area contributed by atoms with Gasteiger partial charge in [-0.3, -0.25) is 5.32 Å². The molecule has 0 aliphatic rings. The van der Waals surface area contributed by atoms with Crippen LogP contribution in [0.2, 0.25) is 0 Å². The Kier molecular flexibility index (Phi) is 6.17. The summed E-state index contributed by atoms with van der Waals surface area (Å²) in [5.74, 6) is 0. The molecule has 0 aliphatic carbocycles. The van der Waals surface area contributed by atoms with E-state index in [0.29, 0.717) is 0 Å². The van der Waals surface area contributed by atoms with Crippen LogP contribution in [0.1, 0.15) is 20.8 Å². The van der Waals surface area contributed by atoms with Gasteiger partial charge in [0.2, 0.25) is 6.30 Å². The van der Waals surface area contributed by atoms with Gasteiger partial charge in [0.25, 0.3) is 6.43 Å². The summed E-state index contributed by atoms with van der Waals surface area (Å²) in [4.78, 5) is 11.0. The fourth-order valence-electron chi connectivity index (χ4n) is 0.778. The Bertz CT molecular complexity index is 219. The summed E-state index contributed by atoms with van der Waals surface area (Å²) in [6.07, 6.45) is -6.11. The SMILES string of the molecule is CC(C)(C)OC(=O)NCCNC(F)C(F)F. The normalized spacial score (nSPS) is 13.7. The molecule has 0 rings (SSSR count). The van der Waals surface area contributed by atoms with Gasteiger partial charge < -0.3 is 10.1 Å². The van der Waals surface area contributed by atoms with Crippen LogP contribution in [0.4, 0.5) is 18.0 Å². The average molecular weight is 242 g/mol. The summed E-state index contributed by atoms with van der Waals surface area (Å²) in [5, 5.41) is 4.21. The number of alkyl halides is 3. The van der Waals surface area contributed by atoms with E-state index in [9.17, 15) is 18.0 Å². The molecule has 4 nitrogen and oxygen atoms in total. The Morgan fingerprint density at radius 2 is 1.81 bits per heavy atom. The van der Waals surface area contributed by atoms with Crippen molar-refractivity contribution in [2.24, 2.45) is 0 Å². The van der Waals surface area contributed by atoms with Crippen molar-refractivity contribution in [1.29, 1.82) is 0 Å². The molecule has 0 aliphatic heterocycles. The van der Waals surface area contributed by atoms with E-state index in [-0.39, 0.29) is 13.1 Å². The lowest BCUT2D eigenvalue weighted by Crippen LogP contribution is -2.40. The quantitative estimate of drug-likeness (QED) is 0.569. The van der Waals surface area contributed by atoms with Gasteiger partial charge in [-0.15, -0.1) is 0 Å². The second-order valence-corrected chi connectivity index (χ2v) is 4.12. The van der Waals surface area contributed by atoms with Crippen LogP contribution in [-0.4, -0.2) is 37.5 Å². The molecule has 0 bridgehead atoms. The van der Waals surface area contributed by atoms with Crippen molar-refractivity contribution in [1.82, 2.24) is 10.6 Å². The zero-order valence-electron chi connectivity index (χ0n) is 9.52. The largest absolute Gasteiger partial charge is 0.444 e. The topological polar surface area (TPSA) is 50.4 Å². The van der Waals surface area contributed by atoms with Crippen LogP contribution in [0.15, 0.2) is 0 Å². The zero-order chi connectivity index (χ0) is 12.8. The Balaban J connectivity index is 3.56. The molecule has 0 fully saturated rings. The van der Waals surface area contributed by atoms with E-state index in [4.69, 9.17) is 4.74 Å². The summed E-state index contributed by atoms with van der Waals surface area (Å²) in [6.45, 7) is 5.00. The number of amides is 1. The lowest BCUT2D eigenvalue weighted by Gasteiger charge is -2.19. The lowest BCUT2D eigenvalue weighted by atomic mass is 10.2. The van der Waals surface area contributed by atoms with Gasteiger partial charge in [0.05, 0.1) is 0 Å². The van der Waals surface area contributed by atoms with Crippen molar-refractivity contribution >= 4 is 6.09 Å². The minimum atomic E-state index is -3.07. The van der Waals surface area contributed by atoms with Gasteiger partial charge >= 0.3 is 6.09 Å². The molecule has 0 saturated carbocycles. The Morgan fingerprint density at radius 3 is 2.25 bits per heavy atom. The third-order valence-electron chi connectivity index (χ3n) is 1.35. The molecule has 0 aromatic heterocycles. The second-order valence-electron chi connectivity index (χ2n) is 4.12. The van der Waals surface area contributed by atoms with E-state index in [2.05, 4.69) is 5.32 Å². The molecule has 96 valence electrons. The fraction of sp³-hybridized carbons (Fsp3) is 0.889. The van der Waals surface area contributed by atoms with E-state index < -0.39 is 24.4 Å². The molecule has 0 spiro atoms. The molecule has 1 atom stereocenters. The maximum atomic E-state index is 12.3. The van der Waals surface area contributed by atoms with E-state index in [1.807, 2.05) is 5.32 Å². The van der Waals surface area contributed by atoms with Crippen LogP contribution in [0.3, 0.4) is 0 Å². The highest BCUT2D eigenvalue weighted by Crippen LogP contribution is 2.06. The van der Waals surface area contributed by atoms with Gasteiger partial charge in [-0.05, 0) is 20.8 Å². The Labute approximate surface area is 92.5 Å². The van der Waals surface area contributed by atoms with Gasteiger partial charge in [0, 0.05) is 13.1 Å². The van der Waals surface area contributed by atoms with Crippen LogP contribution in [0.25, 0.3) is 0 Å². The first-order valence-corrected chi connectivity index (χ1v) is 4.85. The third kappa shape index (κ3) is 8.34. The maximum absolute atomic E-state index is 12.3. The number of alkyl carbamates (subject to hydrolysis) is 1. The van der Waals surface area contributed by atoms with Crippen molar-refractivity contribution in [2.75, 3.05) is 13.1 Å². The number of ether oxygens (including phenoxy) is 1. The van der Waals surface area contributed by atoms with E-state index in [1.165, 1.54) is 0 Å². The highest BCUT2D eigenvalue weighted by atomic mass is 19.3. The van der Waals surface area contributed by atoms with E-state index in [0.717, 1.165) is 0 Å². The number of rotatable bonds is 5.